The molecule has 4 heteroatoms. The first-order chi connectivity index (χ1) is 9.09. The Hall–Kier alpha value is -0.610. The van der Waals surface area contributed by atoms with Crippen molar-refractivity contribution in [1.29, 1.82) is 0 Å². The fourth-order valence-electron chi connectivity index (χ4n) is 3.86. The van der Waals surface area contributed by atoms with Gasteiger partial charge in [-0.15, -0.1) is 0 Å². The highest BCUT2D eigenvalue weighted by Gasteiger charge is 2.38. The van der Waals surface area contributed by atoms with Crippen molar-refractivity contribution in [3.63, 3.8) is 0 Å². The number of nitrogens with one attached hydrogen (secondary N) is 1. The summed E-state index contributed by atoms with van der Waals surface area (Å²) in [5, 5.41) is 3.22. The van der Waals surface area contributed by atoms with Gasteiger partial charge in [0.05, 0.1) is 0 Å². The van der Waals surface area contributed by atoms with E-state index < -0.39 is 0 Å². The van der Waals surface area contributed by atoms with Gasteiger partial charge in [0, 0.05) is 18.0 Å². The van der Waals surface area contributed by atoms with Crippen molar-refractivity contribution in [2.75, 3.05) is 27.2 Å². The van der Waals surface area contributed by atoms with Gasteiger partial charge in [-0.25, -0.2) is 0 Å². The quantitative estimate of drug-likeness (QED) is 0.790. The smallest absolute Gasteiger partial charge is 0.223 e. The third-order valence-corrected chi connectivity index (χ3v) is 5.37. The van der Waals surface area contributed by atoms with Gasteiger partial charge < -0.3 is 16.0 Å². The molecule has 2 aliphatic carbocycles. The molecule has 0 bridgehead atoms. The summed E-state index contributed by atoms with van der Waals surface area (Å²) in [4.78, 5) is 14.7. The van der Waals surface area contributed by atoms with E-state index in [1.165, 1.54) is 25.7 Å². The zero-order valence-electron chi connectivity index (χ0n) is 12.5. The van der Waals surface area contributed by atoms with Crippen molar-refractivity contribution in [3.05, 3.63) is 0 Å². The molecule has 0 aliphatic heterocycles. The Morgan fingerprint density at radius 3 is 2.53 bits per heavy atom. The topological polar surface area (TPSA) is 58.4 Å². The normalized spacial score (nSPS) is 29.9. The number of hydrogen-bond acceptors (Lipinski definition) is 3. The lowest BCUT2D eigenvalue weighted by molar-refractivity contribution is -0.126. The van der Waals surface area contributed by atoms with E-state index in [1.807, 2.05) is 0 Å². The van der Waals surface area contributed by atoms with Gasteiger partial charge in [-0.2, -0.15) is 0 Å². The van der Waals surface area contributed by atoms with E-state index in [1.54, 1.807) is 0 Å². The Morgan fingerprint density at radius 1 is 1.26 bits per heavy atom. The number of nitrogens with zero attached hydrogens (tertiary/aromatic N) is 1. The van der Waals surface area contributed by atoms with Crippen LogP contribution in [0.2, 0.25) is 0 Å². The Bertz CT molecular complexity index is 311. The van der Waals surface area contributed by atoms with Crippen LogP contribution in [0.3, 0.4) is 0 Å². The monoisotopic (exact) mass is 267 g/mol. The molecule has 2 rings (SSSR count). The van der Waals surface area contributed by atoms with E-state index in [9.17, 15) is 4.79 Å². The predicted octanol–water partition coefficient (Wildman–Crippen LogP) is 1.35. The lowest BCUT2D eigenvalue weighted by Gasteiger charge is -2.37. The van der Waals surface area contributed by atoms with Crippen molar-refractivity contribution in [3.8, 4) is 0 Å². The summed E-state index contributed by atoms with van der Waals surface area (Å²) in [6.07, 6.45) is 8.25. The minimum Gasteiger partial charge on any atom is -0.354 e. The van der Waals surface area contributed by atoms with Crippen LogP contribution < -0.4 is 11.1 Å². The number of carbonyl (C=O) groups excluding carboxylic acids is 1. The molecule has 0 aromatic rings. The van der Waals surface area contributed by atoms with E-state index in [-0.39, 0.29) is 17.4 Å². The lowest BCUT2D eigenvalue weighted by atomic mass is 9.93. The molecule has 0 aromatic heterocycles. The van der Waals surface area contributed by atoms with Crippen molar-refractivity contribution in [2.24, 2.45) is 17.6 Å². The first-order valence-electron chi connectivity index (χ1n) is 7.74. The summed E-state index contributed by atoms with van der Waals surface area (Å²) < 4.78 is 0. The zero-order chi connectivity index (χ0) is 13.9. The van der Waals surface area contributed by atoms with Crippen molar-refractivity contribution in [1.82, 2.24) is 10.2 Å². The van der Waals surface area contributed by atoms with Crippen LogP contribution in [0.4, 0.5) is 0 Å². The lowest BCUT2D eigenvalue weighted by Crippen LogP contribution is -2.52. The summed E-state index contributed by atoms with van der Waals surface area (Å²) in [5.74, 6) is 0.797. The molecule has 19 heavy (non-hydrogen) atoms. The average Bonchev–Trinajstić information content (AvgIpc) is 3.05. The molecule has 0 radical (unpaired) electrons. The van der Waals surface area contributed by atoms with Gasteiger partial charge in [0.1, 0.15) is 0 Å². The molecular weight excluding hydrogens is 238 g/mol. The van der Waals surface area contributed by atoms with E-state index >= 15 is 0 Å². The average molecular weight is 267 g/mol. The van der Waals surface area contributed by atoms with Crippen LogP contribution in [-0.4, -0.2) is 43.5 Å². The molecule has 2 unspecified atom stereocenters. The van der Waals surface area contributed by atoms with Crippen LogP contribution in [0.15, 0.2) is 0 Å². The van der Waals surface area contributed by atoms with Crippen LogP contribution >= 0.6 is 0 Å². The molecule has 2 fully saturated rings. The largest absolute Gasteiger partial charge is 0.354 e. The zero-order valence-corrected chi connectivity index (χ0v) is 12.5. The molecular formula is C15H29N3O. The summed E-state index contributed by atoms with van der Waals surface area (Å²) in [5.41, 5.74) is 5.95. The molecule has 0 aromatic carbocycles. The first kappa shape index (κ1) is 14.8. The van der Waals surface area contributed by atoms with Gasteiger partial charge in [0.25, 0.3) is 0 Å². The molecule has 0 heterocycles. The van der Waals surface area contributed by atoms with Crippen LogP contribution in [0, 0.1) is 11.8 Å². The fourth-order valence-corrected chi connectivity index (χ4v) is 3.86. The SMILES string of the molecule is CN(C)C1(CNC(=O)C2CCCC2CN)CCCC1. The molecule has 2 aliphatic rings. The van der Waals surface area contributed by atoms with E-state index in [2.05, 4.69) is 24.3 Å². The first-order valence-corrected chi connectivity index (χ1v) is 7.74. The number of rotatable bonds is 5. The van der Waals surface area contributed by atoms with Gasteiger partial charge >= 0.3 is 0 Å². The second-order valence-electron chi connectivity index (χ2n) is 6.58. The maximum Gasteiger partial charge on any atom is 0.223 e. The van der Waals surface area contributed by atoms with Crippen molar-refractivity contribution < 1.29 is 4.79 Å². The van der Waals surface area contributed by atoms with Crippen LogP contribution in [0.5, 0.6) is 0 Å². The maximum absolute atomic E-state index is 12.4. The van der Waals surface area contributed by atoms with Gasteiger partial charge in [-0.3, -0.25) is 4.79 Å². The minimum absolute atomic E-state index is 0.158. The van der Waals surface area contributed by atoms with Crippen molar-refractivity contribution in [2.45, 2.75) is 50.5 Å². The number of carbonyl (C=O) groups is 1. The van der Waals surface area contributed by atoms with E-state index in [4.69, 9.17) is 5.73 Å². The summed E-state index contributed by atoms with van der Waals surface area (Å²) in [6, 6.07) is 0. The molecule has 2 atom stereocenters. The molecule has 2 saturated carbocycles. The van der Waals surface area contributed by atoms with Crippen LogP contribution in [0.25, 0.3) is 0 Å². The Morgan fingerprint density at radius 2 is 1.95 bits per heavy atom. The maximum atomic E-state index is 12.4. The Balaban J connectivity index is 1.89. The highest BCUT2D eigenvalue weighted by Crippen LogP contribution is 2.34. The van der Waals surface area contributed by atoms with Crippen LogP contribution in [0.1, 0.15) is 44.9 Å². The van der Waals surface area contributed by atoms with E-state index in [0.29, 0.717) is 12.5 Å². The molecule has 3 N–H and O–H groups in total. The Labute approximate surface area is 117 Å². The van der Waals surface area contributed by atoms with Crippen molar-refractivity contribution >= 4 is 5.91 Å². The molecule has 0 spiro atoms. The summed E-state index contributed by atoms with van der Waals surface area (Å²) >= 11 is 0. The number of amides is 1. The highest BCUT2D eigenvalue weighted by atomic mass is 16.1. The van der Waals surface area contributed by atoms with Gasteiger partial charge in [-0.05, 0) is 52.2 Å². The number of hydrogen-bond donors (Lipinski definition) is 2. The van der Waals surface area contributed by atoms with Gasteiger partial charge in [0.2, 0.25) is 5.91 Å². The molecule has 1 amide bonds. The summed E-state index contributed by atoms with van der Waals surface area (Å²) in [7, 11) is 4.27. The number of likely N-dealkylation sites (N-methyl/N-ethyl adjacent to an activating group) is 1. The standard InChI is InChI=1S/C15H29N3O/c1-18(2)15(8-3-4-9-15)11-17-14(19)13-7-5-6-12(13)10-16/h12-13H,3-11,16H2,1-2H3,(H,17,19). The highest BCUT2D eigenvalue weighted by molar-refractivity contribution is 5.79. The van der Waals surface area contributed by atoms with Gasteiger partial charge in [-0.1, -0.05) is 19.3 Å². The third-order valence-electron chi connectivity index (χ3n) is 5.37. The Kier molecular flexibility index (Phi) is 4.85. The van der Waals surface area contributed by atoms with E-state index in [0.717, 1.165) is 25.8 Å². The third kappa shape index (κ3) is 3.11. The predicted molar refractivity (Wildman–Crippen MR) is 77.8 cm³/mol. The van der Waals surface area contributed by atoms with Crippen LogP contribution in [-0.2, 0) is 4.79 Å². The fraction of sp³-hybridized carbons (Fsp3) is 0.933. The second kappa shape index (κ2) is 6.23. The molecule has 0 saturated heterocycles. The molecule has 4 nitrogen and oxygen atoms in total. The molecule has 110 valence electrons. The number of nitrogens with two attached hydrogens (primary N) is 1. The minimum atomic E-state index is 0.158. The van der Waals surface area contributed by atoms with Gasteiger partial charge in [0.15, 0.2) is 0 Å². The second-order valence-corrected chi connectivity index (χ2v) is 6.58. The summed E-state index contributed by atoms with van der Waals surface area (Å²) in [6.45, 7) is 1.45.